The van der Waals surface area contributed by atoms with Crippen LogP contribution in [0.4, 0.5) is 0 Å². The molecule has 1 saturated carbocycles. The predicted octanol–water partition coefficient (Wildman–Crippen LogP) is 3.26. The Balaban J connectivity index is 1.35. The maximum Gasteiger partial charge on any atom is 0.234 e. The highest BCUT2D eigenvalue weighted by atomic mass is 16.2. The number of carbonyl (C=O) groups is 1. The van der Waals surface area contributed by atoms with Crippen LogP contribution < -0.4 is 5.32 Å². The summed E-state index contributed by atoms with van der Waals surface area (Å²) in [5.41, 5.74) is 1.25. The highest BCUT2D eigenvalue weighted by Crippen LogP contribution is 2.29. The second-order valence-electron chi connectivity index (χ2n) is 8.33. The number of hydrogen-bond acceptors (Lipinski definition) is 3. The maximum absolute atomic E-state index is 12.5. The SMILES string of the molecule is C[C@@H]1[C@H](C)CCC[C@@H]1NC(=O)CN1CCN(C/C=C/c2ccccc2)CC1. The number of nitrogens with one attached hydrogen (secondary N) is 1. The van der Waals surface area contributed by atoms with Gasteiger partial charge in [-0.2, -0.15) is 0 Å². The van der Waals surface area contributed by atoms with E-state index in [9.17, 15) is 4.79 Å². The first-order valence-corrected chi connectivity index (χ1v) is 10.6. The topological polar surface area (TPSA) is 35.6 Å². The van der Waals surface area contributed by atoms with E-state index in [2.05, 4.69) is 65.4 Å². The molecular weight excluding hydrogens is 334 g/mol. The average Bonchev–Trinajstić information content (AvgIpc) is 2.68. The van der Waals surface area contributed by atoms with Crippen LogP contribution in [0, 0.1) is 11.8 Å². The van der Waals surface area contributed by atoms with Crippen LogP contribution in [0.5, 0.6) is 0 Å². The molecule has 1 aliphatic heterocycles. The van der Waals surface area contributed by atoms with Crippen molar-refractivity contribution in [2.24, 2.45) is 11.8 Å². The molecule has 4 heteroatoms. The zero-order valence-corrected chi connectivity index (χ0v) is 16.9. The van der Waals surface area contributed by atoms with Crippen molar-refractivity contribution in [2.75, 3.05) is 39.3 Å². The van der Waals surface area contributed by atoms with E-state index in [1.165, 1.54) is 18.4 Å². The van der Waals surface area contributed by atoms with E-state index in [4.69, 9.17) is 0 Å². The monoisotopic (exact) mass is 369 g/mol. The minimum atomic E-state index is 0.207. The summed E-state index contributed by atoms with van der Waals surface area (Å²) >= 11 is 0. The first-order valence-electron chi connectivity index (χ1n) is 10.6. The second kappa shape index (κ2) is 10.0. The Morgan fingerprint density at radius 2 is 1.78 bits per heavy atom. The molecule has 27 heavy (non-hydrogen) atoms. The van der Waals surface area contributed by atoms with E-state index in [0.717, 1.165) is 45.1 Å². The van der Waals surface area contributed by atoms with Crippen LogP contribution in [0.3, 0.4) is 0 Å². The number of benzene rings is 1. The molecule has 148 valence electrons. The fourth-order valence-corrected chi connectivity index (χ4v) is 4.27. The van der Waals surface area contributed by atoms with Gasteiger partial charge in [0.2, 0.25) is 5.91 Å². The Bertz CT molecular complexity index is 607. The largest absolute Gasteiger partial charge is 0.352 e. The standard InChI is InChI=1S/C23H35N3O/c1-19-8-6-12-22(20(19)2)24-23(27)18-26-16-14-25(15-17-26)13-7-11-21-9-4-3-5-10-21/h3-5,7,9-11,19-20,22H,6,8,12-18H2,1-2H3,(H,24,27)/b11-7+/t19-,20-,22+/m1/s1. The summed E-state index contributed by atoms with van der Waals surface area (Å²) in [6, 6.07) is 10.8. The number of nitrogens with zero attached hydrogens (tertiary/aromatic N) is 2. The molecule has 1 aromatic carbocycles. The molecule has 2 fully saturated rings. The minimum absolute atomic E-state index is 0.207. The lowest BCUT2D eigenvalue weighted by molar-refractivity contribution is -0.124. The quantitative estimate of drug-likeness (QED) is 0.836. The van der Waals surface area contributed by atoms with E-state index in [1.54, 1.807) is 0 Å². The van der Waals surface area contributed by atoms with Crippen molar-refractivity contribution in [1.82, 2.24) is 15.1 Å². The summed E-state index contributed by atoms with van der Waals surface area (Å²) in [5, 5.41) is 3.30. The number of rotatable bonds is 6. The summed E-state index contributed by atoms with van der Waals surface area (Å²) in [7, 11) is 0. The van der Waals surface area contributed by atoms with Crippen molar-refractivity contribution in [3.8, 4) is 0 Å². The Morgan fingerprint density at radius 3 is 2.52 bits per heavy atom. The van der Waals surface area contributed by atoms with Gasteiger partial charge in [-0.15, -0.1) is 0 Å². The third-order valence-corrected chi connectivity index (χ3v) is 6.36. The van der Waals surface area contributed by atoms with E-state index < -0.39 is 0 Å². The average molecular weight is 370 g/mol. The van der Waals surface area contributed by atoms with Crippen molar-refractivity contribution in [3.63, 3.8) is 0 Å². The van der Waals surface area contributed by atoms with Gasteiger partial charge in [-0.1, -0.05) is 69.2 Å². The van der Waals surface area contributed by atoms with Gasteiger partial charge in [0.25, 0.3) is 0 Å². The normalized spacial score (nSPS) is 27.7. The van der Waals surface area contributed by atoms with E-state index in [-0.39, 0.29) is 5.91 Å². The fourth-order valence-electron chi connectivity index (χ4n) is 4.27. The number of hydrogen-bond donors (Lipinski definition) is 1. The van der Waals surface area contributed by atoms with Gasteiger partial charge in [0, 0.05) is 38.8 Å². The van der Waals surface area contributed by atoms with Crippen LogP contribution in [0.25, 0.3) is 6.08 Å². The van der Waals surface area contributed by atoms with E-state index >= 15 is 0 Å². The molecule has 1 aliphatic carbocycles. The maximum atomic E-state index is 12.5. The molecule has 0 bridgehead atoms. The van der Waals surface area contributed by atoms with Gasteiger partial charge in [-0.3, -0.25) is 14.6 Å². The fraction of sp³-hybridized carbons (Fsp3) is 0.609. The minimum Gasteiger partial charge on any atom is -0.352 e. The van der Waals surface area contributed by atoms with E-state index in [1.807, 2.05) is 6.07 Å². The molecule has 1 saturated heterocycles. The first kappa shape index (κ1) is 20.1. The molecule has 4 nitrogen and oxygen atoms in total. The lowest BCUT2D eigenvalue weighted by Crippen LogP contribution is -2.51. The van der Waals surface area contributed by atoms with Crippen LogP contribution in [-0.4, -0.2) is 61.0 Å². The summed E-state index contributed by atoms with van der Waals surface area (Å²) in [6.45, 7) is 10.1. The van der Waals surface area contributed by atoms with Crippen LogP contribution in [0.2, 0.25) is 0 Å². The number of piperazine rings is 1. The van der Waals surface area contributed by atoms with Crippen LogP contribution in [0.1, 0.15) is 38.7 Å². The molecular formula is C23H35N3O. The third kappa shape index (κ3) is 6.18. The number of carbonyl (C=O) groups excluding carboxylic acids is 1. The Hall–Kier alpha value is -1.65. The van der Waals surface area contributed by atoms with Gasteiger partial charge in [0.1, 0.15) is 0 Å². The first-order chi connectivity index (χ1) is 13.1. The molecule has 2 aliphatic rings. The Labute approximate surface area is 164 Å². The van der Waals surface area contributed by atoms with Gasteiger partial charge in [0.05, 0.1) is 6.54 Å². The van der Waals surface area contributed by atoms with Crippen LogP contribution >= 0.6 is 0 Å². The molecule has 1 aromatic rings. The van der Waals surface area contributed by atoms with Crippen molar-refractivity contribution >= 4 is 12.0 Å². The molecule has 0 radical (unpaired) electrons. The summed E-state index contributed by atoms with van der Waals surface area (Å²) in [6.07, 6.45) is 8.11. The highest BCUT2D eigenvalue weighted by Gasteiger charge is 2.28. The Kier molecular flexibility index (Phi) is 7.48. The summed E-state index contributed by atoms with van der Waals surface area (Å²) < 4.78 is 0. The second-order valence-corrected chi connectivity index (χ2v) is 8.33. The third-order valence-electron chi connectivity index (χ3n) is 6.36. The molecule has 1 amide bonds. The van der Waals surface area contributed by atoms with Crippen molar-refractivity contribution < 1.29 is 4.79 Å². The Morgan fingerprint density at radius 1 is 1.07 bits per heavy atom. The van der Waals surface area contributed by atoms with Gasteiger partial charge in [0.15, 0.2) is 0 Å². The molecule has 1 heterocycles. The lowest BCUT2D eigenvalue weighted by Gasteiger charge is -2.36. The summed E-state index contributed by atoms with van der Waals surface area (Å²) in [4.78, 5) is 17.2. The van der Waals surface area contributed by atoms with Gasteiger partial charge in [-0.25, -0.2) is 0 Å². The lowest BCUT2D eigenvalue weighted by atomic mass is 9.78. The van der Waals surface area contributed by atoms with E-state index in [0.29, 0.717) is 18.5 Å². The van der Waals surface area contributed by atoms with Crippen molar-refractivity contribution in [2.45, 2.75) is 39.2 Å². The molecule has 0 unspecified atom stereocenters. The van der Waals surface area contributed by atoms with Crippen molar-refractivity contribution in [1.29, 1.82) is 0 Å². The zero-order chi connectivity index (χ0) is 19.1. The van der Waals surface area contributed by atoms with Crippen LogP contribution in [0.15, 0.2) is 36.4 Å². The molecule has 0 spiro atoms. The van der Waals surface area contributed by atoms with Gasteiger partial charge in [-0.05, 0) is 23.8 Å². The van der Waals surface area contributed by atoms with Crippen molar-refractivity contribution in [3.05, 3.63) is 42.0 Å². The molecule has 0 aromatic heterocycles. The molecule has 3 rings (SSSR count). The smallest absolute Gasteiger partial charge is 0.234 e. The van der Waals surface area contributed by atoms with Crippen LogP contribution in [-0.2, 0) is 4.79 Å². The van der Waals surface area contributed by atoms with Gasteiger partial charge >= 0.3 is 0 Å². The highest BCUT2D eigenvalue weighted by molar-refractivity contribution is 5.78. The predicted molar refractivity (Wildman–Crippen MR) is 112 cm³/mol. The number of amides is 1. The zero-order valence-electron chi connectivity index (χ0n) is 16.9. The summed E-state index contributed by atoms with van der Waals surface area (Å²) in [5.74, 6) is 1.52. The molecule has 1 N–H and O–H groups in total. The van der Waals surface area contributed by atoms with Gasteiger partial charge < -0.3 is 5.32 Å². The molecule has 3 atom stereocenters.